The van der Waals surface area contributed by atoms with Gasteiger partial charge in [-0.05, 0) is 42.0 Å². The van der Waals surface area contributed by atoms with E-state index in [2.05, 4.69) is 5.32 Å². The SMILES string of the molecule is COc1ccc(NC(=O)/C=C/c2cccc(C(F)(F)F)c2)cc1S(=O)(=O)N1CCOCC1. The molecule has 1 saturated heterocycles. The van der Waals surface area contributed by atoms with Crippen LogP contribution in [0.15, 0.2) is 53.4 Å². The minimum absolute atomic E-state index is 0.110. The Morgan fingerprint density at radius 2 is 1.88 bits per heavy atom. The number of amides is 1. The maximum atomic E-state index is 13.0. The van der Waals surface area contributed by atoms with Crippen molar-refractivity contribution in [3.05, 3.63) is 59.7 Å². The molecule has 7 nitrogen and oxygen atoms in total. The van der Waals surface area contributed by atoms with Crippen LogP contribution in [0.25, 0.3) is 6.08 Å². The lowest BCUT2D eigenvalue weighted by Gasteiger charge is -2.26. The van der Waals surface area contributed by atoms with Crippen LogP contribution in [0.3, 0.4) is 0 Å². The molecule has 1 N–H and O–H groups in total. The third-order valence-electron chi connectivity index (χ3n) is 4.66. The highest BCUT2D eigenvalue weighted by molar-refractivity contribution is 7.89. The zero-order valence-electron chi connectivity index (χ0n) is 17.1. The van der Waals surface area contributed by atoms with E-state index in [-0.39, 0.29) is 48.2 Å². The largest absolute Gasteiger partial charge is 0.495 e. The van der Waals surface area contributed by atoms with Gasteiger partial charge in [-0.2, -0.15) is 17.5 Å². The number of ether oxygens (including phenoxy) is 2. The second-order valence-electron chi connectivity index (χ2n) is 6.83. The number of rotatable bonds is 6. The predicted octanol–water partition coefficient (Wildman–Crippen LogP) is 3.39. The van der Waals surface area contributed by atoms with Gasteiger partial charge >= 0.3 is 6.18 Å². The summed E-state index contributed by atoms with van der Waals surface area (Å²) in [5.74, 6) is -0.517. The molecule has 1 aliphatic heterocycles. The van der Waals surface area contributed by atoms with Crippen LogP contribution < -0.4 is 10.1 Å². The molecule has 2 aromatic rings. The monoisotopic (exact) mass is 470 g/mol. The molecule has 0 unspecified atom stereocenters. The van der Waals surface area contributed by atoms with Gasteiger partial charge in [0, 0.05) is 24.9 Å². The lowest BCUT2D eigenvalue weighted by Crippen LogP contribution is -2.40. The first-order valence-electron chi connectivity index (χ1n) is 9.53. The Morgan fingerprint density at radius 1 is 1.16 bits per heavy atom. The number of sulfonamides is 1. The van der Waals surface area contributed by atoms with E-state index in [0.717, 1.165) is 18.2 Å². The van der Waals surface area contributed by atoms with Gasteiger partial charge in [0.25, 0.3) is 0 Å². The molecule has 172 valence electrons. The molecule has 0 aliphatic carbocycles. The standard InChI is InChI=1S/C21H21F3N2O5S/c1-30-18-7-6-17(14-19(18)32(28,29)26-9-11-31-12-10-26)25-20(27)8-5-15-3-2-4-16(13-15)21(22,23)24/h2-8,13-14H,9-12H2,1H3,(H,25,27)/b8-5+. The summed E-state index contributed by atoms with van der Waals surface area (Å²) in [5.41, 5.74) is -0.440. The van der Waals surface area contributed by atoms with Crippen LogP contribution in [0.1, 0.15) is 11.1 Å². The fraction of sp³-hybridized carbons (Fsp3) is 0.286. The van der Waals surface area contributed by atoms with Crippen molar-refractivity contribution in [1.29, 1.82) is 0 Å². The van der Waals surface area contributed by atoms with Crippen molar-refractivity contribution in [2.75, 3.05) is 38.7 Å². The van der Waals surface area contributed by atoms with Crippen LogP contribution in [0.2, 0.25) is 0 Å². The minimum Gasteiger partial charge on any atom is -0.495 e. The number of methoxy groups -OCH3 is 1. The molecule has 0 spiro atoms. The van der Waals surface area contributed by atoms with Crippen molar-refractivity contribution in [3.8, 4) is 5.75 Å². The summed E-state index contributed by atoms with van der Waals surface area (Å²) in [7, 11) is -2.55. The summed E-state index contributed by atoms with van der Waals surface area (Å²) in [6.07, 6.45) is -2.19. The van der Waals surface area contributed by atoms with E-state index in [4.69, 9.17) is 9.47 Å². The Hall–Kier alpha value is -2.89. The molecular formula is C21H21F3N2O5S. The van der Waals surface area contributed by atoms with Gasteiger partial charge in [-0.1, -0.05) is 12.1 Å². The van der Waals surface area contributed by atoms with E-state index < -0.39 is 27.7 Å². The van der Waals surface area contributed by atoms with Gasteiger partial charge in [-0.15, -0.1) is 0 Å². The van der Waals surface area contributed by atoms with Crippen LogP contribution in [0.4, 0.5) is 18.9 Å². The second kappa shape index (κ2) is 9.72. The van der Waals surface area contributed by atoms with E-state index >= 15 is 0 Å². The molecule has 11 heteroatoms. The maximum Gasteiger partial charge on any atom is 0.416 e. The van der Waals surface area contributed by atoms with Gasteiger partial charge in [-0.25, -0.2) is 8.42 Å². The van der Waals surface area contributed by atoms with Gasteiger partial charge in [0.05, 0.1) is 25.9 Å². The molecule has 1 aliphatic rings. The molecule has 32 heavy (non-hydrogen) atoms. The number of hydrogen-bond donors (Lipinski definition) is 1. The first-order chi connectivity index (χ1) is 15.1. The number of halogens is 3. The summed E-state index contributed by atoms with van der Waals surface area (Å²) in [4.78, 5) is 12.1. The Kier molecular flexibility index (Phi) is 7.22. The number of benzene rings is 2. The Labute approximate surface area is 183 Å². The van der Waals surface area contributed by atoms with Gasteiger partial charge in [0.15, 0.2) is 0 Å². The number of carbonyl (C=O) groups excluding carboxylic acids is 1. The number of morpholine rings is 1. The molecule has 0 aromatic heterocycles. The molecule has 0 atom stereocenters. The van der Waals surface area contributed by atoms with Crippen LogP contribution in [0, 0.1) is 0 Å². The highest BCUT2D eigenvalue weighted by atomic mass is 32.2. The number of nitrogens with zero attached hydrogens (tertiary/aromatic N) is 1. The Balaban J connectivity index is 1.78. The number of alkyl halides is 3. The Morgan fingerprint density at radius 3 is 2.53 bits per heavy atom. The average molecular weight is 470 g/mol. The highest BCUT2D eigenvalue weighted by Gasteiger charge is 2.31. The van der Waals surface area contributed by atoms with Crippen LogP contribution in [0.5, 0.6) is 5.75 Å². The predicted molar refractivity (Wildman–Crippen MR) is 112 cm³/mol. The van der Waals surface area contributed by atoms with E-state index in [9.17, 15) is 26.4 Å². The summed E-state index contributed by atoms with van der Waals surface area (Å²) in [5, 5.41) is 2.51. The molecule has 0 radical (unpaired) electrons. The summed E-state index contributed by atoms with van der Waals surface area (Å²) >= 11 is 0. The smallest absolute Gasteiger partial charge is 0.416 e. The lowest BCUT2D eigenvalue weighted by atomic mass is 10.1. The molecule has 1 heterocycles. The fourth-order valence-electron chi connectivity index (χ4n) is 3.06. The van der Waals surface area contributed by atoms with Gasteiger partial charge < -0.3 is 14.8 Å². The molecule has 1 amide bonds. The molecule has 1 fully saturated rings. The molecule has 0 saturated carbocycles. The first-order valence-corrected chi connectivity index (χ1v) is 11.0. The van der Waals surface area contributed by atoms with Crippen molar-refractivity contribution < 1.29 is 35.9 Å². The van der Waals surface area contributed by atoms with Gasteiger partial charge in [0.1, 0.15) is 10.6 Å². The topological polar surface area (TPSA) is 84.9 Å². The normalized spacial score (nSPS) is 15.6. The van der Waals surface area contributed by atoms with Crippen LogP contribution in [-0.4, -0.2) is 52.0 Å². The van der Waals surface area contributed by atoms with Crippen molar-refractivity contribution in [1.82, 2.24) is 4.31 Å². The average Bonchev–Trinajstić information content (AvgIpc) is 2.78. The zero-order chi connectivity index (χ0) is 23.4. The third kappa shape index (κ3) is 5.67. The number of hydrogen-bond acceptors (Lipinski definition) is 5. The molecule has 2 aromatic carbocycles. The number of nitrogens with one attached hydrogen (secondary N) is 1. The van der Waals surface area contributed by atoms with Crippen molar-refractivity contribution in [3.63, 3.8) is 0 Å². The molecular weight excluding hydrogens is 449 g/mol. The fourth-order valence-corrected chi connectivity index (χ4v) is 4.65. The van der Waals surface area contributed by atoms with Crippen molar-refractivity contribution >= 4 is 27.7 Å². The van der Waals surface area contributed by atoms with Gasteiger partial charge in [0.2, 0.25) is 15.9 Å². The minimum atomic E-state index is -4.49. The summed E-state index contributed by atoms with van der Waals surface area (Å²) in [6, 6.07) is 8.69. The third-order valence-corrected chi connectivity index (χ3v) is 6.58. The van der Waals surface area contributed by atoms with E-state index in [1.165, 1.54) is 47.8 Å². The zero-order valence-corrected chi connectivity index (χ0v) is 17.9. The summed E-state index contributed by atoms with van der Waals surface area (Å²) in [6.45, 7) is 0.945. The molecule has 3 rings (SSSR count). The van der Waals surface area contributed by atoms with Crippen molar-refractivity contribution in [2.45, 2.75) is 11.1 Å². The van der Waals surface area contributed by atoms with E-state index in [1.54, 1.807) is 0 Å². The lowest BCUT2D eigenvalue weighted by molar-refractivity contribution is -0.137. The quantitative estimate of drug-likeness (QED) is 0.655. The van der Waals surface area contributed by atoms with E-state index in [0.29, 0.717) is 0 Å². The number of carbonyl (C=O) groups is 1. The second-order valence-corrected chi connectivity index (χ2v) is 8.73. The van der Waals surface area contributed by atoms with E-state index in [1.807, 2.05) is 0 Å². The first kappa shape index (κ1) is 23.8. The van der Waals surface area contributed by atoms with Crippen LogP contribution in [-0.2, 0) is 25.7 Å². The van der Waals surface area contributed by atoms with Gasteiger partial charge in [-0.3, -0.25) is 4.79 Å². The number of anilines is 1. The summed E-state index contributed by atoms with van der Waals surface area (Å²) < 4.78 is 76.1. The molecule has 0 bridgehead atoms. The highest BCUT2D eigenvalue weighted by Crippen LogP contribution is 2.31. The maximum absolute atomic E-state index is 13.0. The van der Waals surface area contributed by atoms with Crippen LogP contribution >= 0.6 is 0 Å². The Bertz CT molecular complexity index is 1110. The van der Waals surface area contributed by atoms with Crippen molar-refractivity contribution in [2.24, 2.45) is 0 Å².